The molecule has 138 valence electrons. The van der Waals surface area contributed by atoms with Gasteiger partial charge in [-0.05, 0) is 67.9 Å². The minimum absolute atomic E-state index is 0.0713. The van der Waals surface area contributed by atoms with Crippen LogP contribution in [0.4, 0.5) is 0 Å². The first kappa shape index (κ1) is 18.5. The van der Waals surface area contributed by atoms with Crippen molar-refractivity contribution in [3.8, 4) is 17.2 Å². The molecule has 2 aromatic carbocycles. The molecule has 0 saturated carbocycles. The quantitative estimate of drug-likeness (QED) is 0.774. The van der Waals surface area contributed by atoms with Crippen LogP contribution in [0.2, 0.25) is 5.02 Å². The summed E-state index contributed by atoms with van der Waals surface area (Å²) in [7, 11) is 0. The van der Waals surface area contributed by atoms with Crippen molar-refractivity contribution in [1.82, 2.24) is 4.90 Å². The molecule has 1 heterocycles. The Bertz CT molecular complexity index is 718. The molecule has 0 amide bonds. The highest BCUT2D eigenvalue weighted by molar-refractivity contribution is 6.30. The van der Waals surface area contributed by atoms with E-state index in [4.69, 9.17) is 26.2 Å². The Hall–Kier alpha value is -2.24. The summed E-state index contributed by atoms with van der Waals surface area (Å²) in [6, 6.07) is 14.7. The third kappa shape index (κ3) is 5.38. The van der Waals surface area contributed by atoms with Crippen molar-refractivity contribution in [2.45, 2.75) is 25.3 Å². The zero-order valence-corrected chi connectivity index (χ0v) is 15.2. The molecule has 6 heteroatoms. The van der Waals surface area contributed by atoms with Crippen LogP contribution in [0.15, 0.2) is 48.5 Å². The van der Waals surface area contributed by atoms with Gasteiger partial charge in [0.25, 0.3) is 0 Å². The SMILES string of the molecule is O=C(O)CN1CCCC[C@H]1COc1ccc(Oc2ccc(Cl)cc2)cc1. The van der Waals surface area contributed by atoms with Crippen LogP contribution in [0.25, 0.3) is 0 Å². The van der Waals surface area contributed by atoms with Gasteiger partial charge in [0.05, 0.1) is 6.54 Å². The van der Waals surface area contributed by atoms with E-state index in [2.05, 4.69) is 0 Å². The van der Waals surface area contributed by atoms with Crippen molar-refractivity contribution in [3.05, 3.63) is 53.6 Å². The van der Waals surface area contributed by atoms with Crippen molar-refractivity contribution in [3.63, 3.8) is 0 Å². The average Bonchev–Trinajstić information content (AvgIpc) is 2.64. The zero-order chi connectivity index (χ0) is 18.4. The Labute approximate surface area is 158 Å². The van der Waals surface area contributed by atoms with Gasteiger partial charge in [-0.25, -0.2) is 0 Å². The van der Waals surface area contributed by atoms with Crippen molar-refractivity contribution < 1.29 is 19.4 Å². The molecule has 1 aliphatic heterocycles. The molecule has 3 rings (SSSR count). The number of hydrogen-bond acceptors (Lipinski definition) is 4. The summed E-state index contributed by atoms with van der Waals surface area (Å²) in [5, 5.41) is 9.70. The molecule has 2 aromatic rings. The Kier molecular flexibility index (Phi) is 6.36. The van der Waals surface area contributed by atoms with Gasteiger partial charge in [-0.3, -0.25) is 9.69 Å². The topological polar surface area (TPSA) is 59.0 Å². The number of rotatable bonds is 7. The number of carboxylic acid groups (broad SMARTS) is 1. The van der Waals surface area contributed by atoms with E-state index in [9.17, 15) is 4.79 Å². The number of benzene rings is 2. The molecule has 1 saturated heterocycles. The predicted molar refractivity (Wildman–Crippen MR) is 100 cm³/mol. The van der Waals surface area contributed by atoms with Gasteiger partial charge in [-0.1, -0.05) is 18.0 Å². The number of likely N-dealkylation sites (tertiary alicyclic amines) is 1. The number of carboxylic acids is 1. The largest absolute Gasteiger partial charge is 0.492 e. The Morgan fingerprint density at radius 3 is 2.31 bits per heavy atom. The van der Waals surface area contributed by atoms with Gasteiger partial charge < -0.3 is 14.6 Å². The predicted octanol–water partition coefficient (Wildman–Crippen LogP) is 4.45. The van der Waals surface area contributed by atoms with Crippen molar-refractivity contribution in [1.29, 1.82) is 0 Å². The molecule has 26 heavy (non-hydrogen) atoms. The maximum Gasteiger partial charge on any atom is 0.317 e. The minimum atomic E-state index is -0.791. The fourth-order valence-electron chi connectivity index (χ4n) is 3.07. The highest BCUT2D eigenvalue weighted by Gasteiger charge is 2.24. The monoisotopic (exact) mass is 375 g/mol. The second-order valence-corrected chi connectivity index (χ2v) is 6.79. The summed E-state index contributed by atoms with van der Waals surface area (Å²) in [6.45, 7) is 1.38. The van der Waals surface area contributed by atoms with Crippen molar-refractivity contribution in [2.24, 2.45) is 0 Å². The molecule has 0 spiro atoms. The molecule has 1 aliphatic rings. The fraction of sp³-hybridized carbons (Fsp3) is 0.350. The van der Waals surface area contributed by atoms with Crippen LogP contribution in [-0.4, -0.2) is 41.7 Å². The Morgan fingerprint density at radius 1 is 1.04 bits per heavy atom. The molecule has 0 aromatic heterocycles. The van der Waals surface area contributed by atoms with Gasteiger partial charge in [-0.15, -0.1) is 0 Å². The lowest BCUT2D eigenvalue weighted by Gasteiger charge is -2.34. The van der Waals surface area contributed by atoms with Gasteiger partial charge in [-0.2, -0.15) is 0 Å². The molecular weight excluding hydrogens is 354 g/mol. The second kappa shape index (κ2) is 8.92. The summed E-state index contributed by atoms with van der Waals surface area (Å²) < 4.78 is 11.6. The maximum atomic E-state index is 11.0. The van der Waals surface area contributed by atoms with Crippen LogP contribution in [0.1, 0.15) is 19.3 Å². The molecule has 0 radical (unpaired) electrons. The fourth-order valence-corrected chi connectivity index (χ4v) is 3.19. The summed E-state index contributed by atoms with van der Waals surface area (Å²) in [6.07, 6.45) is 3.11. The molecule has 0 aliphatic carbocycles. The molecule has 0 unspecified atom stereocenters. The van der Waals surface area contributed by atoms with Gasteiger partial charge in [0, 0.05) is 11.1 Å². The summed E-state index contributed by atoms with van der Waals surface area (Å²) in [5.74, 6) is 1.38. The first-order valence-corrected chi connectivity index (χ1v) is 9.10. The lowest BCUT2D eigenvalue weighted by atomic mass is 10.0. The van der Waals surface area contributed by atoms with E-state index in [1.54, 1.807) is 12.1 Å². The average molecular weight is 376 g/mol. The highest BCUT2D eigenvalue weighted by atomic mass is 35.5. The molecule has 1 N–H and O–H groups in total. The van der Waals surface area contributed by atoms with Crippen LogP contribution >= 0.6 is 11.6 Å². The second-order valence-electron chi connectivity index (χ2n) is 6.35. The third-order valence-electron chi connectivity index (χ3n) is 4.40. The number of piperidine rings is 1. The number of ether oxygens (including phenoxy) is 2. The molecular formula is C20H22ClNO4. The molecule has 1 atom stereocenters. The van der Waals surface area contributed by atoms with E-state index < -0.39 is 5.97 Å². The van der Waals surface area contributed by atoms with E-state index >= 15 is 0 Å². The Morgan fingerprint density at radius 2 is 1.65 bits per heavy atom. The van der Waals surface area contributed by atoms with E-state index in [0.717, 1.165) is 37.3 Å². The maximum absolute atomic E-state index is 11.0. The van der Waals surface area contributed by atoms with Crippen LogP contribution in [0.5, 0.6) is 17.2 Å². The lowest BCUT2D eigenvalue weighted by Crippen LogP contribution is -2.45. The molecule has 0 bridgehead atoms. The highest BCUT2D eigenvalue weighted by Crippen LogP contribution is 2.25. The minimum Gasteiger partial charge on any atom is -0.492 e. The smallest absolute Gasteiger partial charge is 0.317 e. The number of halogens is 1. The van der Waals surface area contributed by atoms with Crippen LogP contribution in [0, 0.1) is 0 Å². The van der Waals surface area contributed by atoms with E-state index in [1.807, 2.05) is 41.3 Å². The lowest BCUT2D eigenvalue weighted by molar-refractivity contribution is -0.139. The standard InChI is InChI=1S/C20H22ClNO4/c21-15-4-6-18(7-5-15)26-19-10-8-17(9-11-19)25-14-16-3-1-2-12-22(16)13-20(23)24/h4-11,16H,1-3,12-14H2,(H,23,24)/t16-/m0/s1. The van der Waals surface area contributed by atoms with Crippen molar-refractivity contribution in [2.75, 3.05) is 19.7 Å². The molecule has 5 nitrogen and oxygen atoms in total. The van der Waals surface area contributed by atoms with Crippen molar-refractivity contribution >= 4 is 17.6 Å². The first-order valence-electron chi connectivity index (χ1n) is 8.72. The van der Waals surface area contributed by atoms with Gasteiger partial charge in [0.2, 0.25) is 0 Å². The Balaban J connectivity index is 1.53. The number of hydrogen-bond donors (Lipinski definition) is 1. The van der Waals surface area contributed by atoms with Crippen LogP contribution < -0.4 is 9.47 Å². The summed E-state index contributed by atoms with van der Waals surface area (Å²) >= 11 is 5.86. The van der Waals surface area contributed by atoms with E-state index in [-0.39, 0.29) is 12.6 Å². The van der Waals surface area contributed by atoms with Crippen LogP contribution in [0.3, 0.4) is 0 Å². The van der Waals surface area contributed by atoms with Gasteiger partial charge >= 0.3 is 5.97 Å². The number of nitrogens with zero attached hydrogens (tertiary/aromatic N) is 1. The summed E-state index contributed by atoms with van der Waals surface area (Å²) in [4.78, 5) is 13.0. The van der Waals surface area contributed by atoms with Gasteiger partial charge in [0.1, 0.15) is 23.9 Å². The van der Waals surface area contributed by atoms with E-state index in [0.29, 0.717) is 17.4 Å². The molecule has 1 fully saturated rings. The van der Waals surface area contributed by atoms with Gasteiger partial charge in [0.15, 0.2) is 0 Å². The number of carbonyl (C=O) groups is 1. The number of aliphatic carboxylic acids is 1. The zero-order valence-electron chi connectivity index (χ0n) is 14.4. The van der Waals surface area contributed by atoms with E-state index in [1.165, 1.54) is 0 Å². The third-order valence-corrected chi connectivity index (χ3v) is 4.65. The van der Waals surface area contributed by atoms with Crippen LogP contribution in [-0.2, 0) is 4.79 Å². The normalized spacial score (nSPS) is 17.7. The first-order chi connectivity index (χ1) is 12.6. The summed E-state index contributed by atoms with van der Waals surface area (Å²) in [5.41, 5.74) is 0.